The van der Waals surface area contributed by atoms with Crippen molar-refractivity contribution in [1.29, 1.82) is 0 Å². The molecular formula is C13H11FO2S. The summed E-state index contributed by atoms with van der Waals surface area (Å²) >= 11 is 1.35. The van der Waals surface area contributed by atoms with Crippen molar-refractivity contribution in [1.82, 2.24) is 0 Å². The van der Waals surface area contributed by atoms with Crippen LogP contribution in [0.25, 0.3) is 10.4 Å². The highest BCUT2D eigenvalue weighted by Crippen LogP contribution is 2.33. The summed E-state index contributed by atoms with van der Waals surface area (Å²) in [6, 6.07) is 6.53. The zero-order valence-corrected chi connectivity index (χ0v) is 10.3. The molecule has 1 heterocycles. The monoisotopic (exact) mass is 250 g/mol. The van der Waals surface area contributed by atoms with E-state index in [4.69, 9.17) is 0 Å². The Morgan fingerprint density at radius 2 is 2.06 bits per heavy atom. The zero-order valence-electron chi connectivity index (χ0n) is 9.49. The second-order valence-corrected chi connectivity index (χ2v) is 4.45. The number of halogens is 1. The molecule has 1 aromatic heterocycles. The van der Waals surface area contributed by atoms with Crippen molar-refractivity contribution in [3.63, 3.8) is 0 Å². The van der Waals surface area contributed by atoms with Crippen LogP contribution in [0.2, 0.25) is 0 Å². The summed E-state index contributed by atoms with van der Waals surface area (Å²) in [6.45, 7) is 1.80. The lowest BCUT2D eigenvalue weighted by atomic mass is 10.1. The van der Waals surface area contributed by atoms with Crippen molar-refractivity contribution in [3.8, 4) is 10.4 Å². The minimum Gasteiger partial charge on any atom is -0.465 e. The maximum absolute atomic E-state index is 13.6. The fourth-order valence-electron chi connectivity index (χ4n) is 1.64. The molecule has 0 spiro atoms. The Bertz CT molecular complexity index is 560. The Kier molecular flexibility index (Phi) is 3.24. The van der Waals surface area contributed by atoms with Gasteiger partial charge in [0.05, 0.1) is 12.7 Å². The average molecular weight is 250 g/mol. The number of hydrogen-bond acceptors (Lipinski definition) is 3. The Labute approximate surface area is 103 Å². The minimum absolute atomic E-state index is 0.283. The number of rotatable bonds is 2. The topological polar surface area (TPSA) is 26.3 Å². The van der Waals surface area contributed by atoms with Gasteiger partial charge in [0.25, 0.3) is 0 Å². The van der Waals surface area contributed by atoms with E-state index in [1.165, 1.54) is 24.5 Å². The summed E-state index contributed by atoms with van der Waals surface area (Å²) in [6.07, 6.45) is 0. The standard InChI is InChI=1S/C13H11FO2S/c1-8-10(13(15)16-2)7-17-12(8)9-5-3-4-6-11(9)14/h3-7H,1-2H3. The van der Waals surface area contributed by atoms with E-state index in [1.54, 1.807) is 30.5 Å². The number of methoxy groups -OCH3 is 1. The van der Waals surface area contributed by atoms with Crippen molar-refractivity contribution >= 4 is 17.3 Å². The van der Waals surface area contributed by atoms with Gasteiger partial charge in [-0.15, -0.1) is 11.3 Å². The first-order valence-electron chi connectivity index (χ1n) is 5.06. The second kappa shape index (κ2) is 4.67. The third-order valence-electron chi connectivity index (χ3n) is 2.56. The highest BCUT2D eigenvalue weighted by molar-refractivity contribution is 7.14. The normalized spacial score (nSPS) is 10.3. The fourth-order valence-corrected chi connectivity index (χ4v) is 2.73. The van der Waals surface area contributed by atoms with E-state index >= 15 is 0 Å². The lowest BCUT2D eigenvalue weighted by molar-refractivity contribution is 0.0600. The molecule has 0 saturated carbocycles. The number of thiophene rings is 1. The van der Waals surface area contributed by atoms with Crippen LogP contribution in [0.1, 0.15) is 15.9 Å². The molecule has 88 valence electrons. The van der Waals surface area contributed by atoms with Crippen LogP contribution in [-0.4, -0.2) is 13.1 Å². The van der Waals surface area contributed by atoms with Crippen molar-refractivity contribution in [2.24, 2.45) is 0 Å². The first kappa shape index (κ1) is 11.8. The number of ether oxygens (including phenoxy) is 1. The Hall–Kier alpha value is -1.68. The summed E-state index contributed by atoms with van der Waals surface area (Å²) in [4.78, 5) is 12.2. The van der Waals surface area contributed by atoms with Gasteiger partial charge in [-0.3, -0.25) is 0 Å². The van der Waals surface area contributed by atoms with E-state index in [-0.39, 0.29) is 11.8 Å². The van der Waals surface area contributed by atoms with Gasteiger partial charge in [-0.2, -0.15) is 0 Å². The zero-order chi connectivity index (χ0) is 12.4. The highest BCUT2D eigenvalue weighted by atomic mass is 32.1. The summed E-state index contributed by atoms with van der Waals surface area (Å²) in [5.74, 6) is -0.671. The van der Waals surface area contributed by atoms with Gasteiger partial charge in [-0.25, -0.2) is 9.18 Å². The molecule has 2 rings (SSSR count). The van der Waals surface area contributed by atoms with E-state index in [0.717, 1.165) is 10.4 Å². The molecule has 0 aliphatic heterocycles. The molecule has 0 amide bonds. The quantitative estimate of drug-likeness (QED) is 0.760. The summed E-state index contributed by atoms with van der Waals surface area (Å²) in [5.41, 5.74) is 1.77. The van der Waals surface area contributed by atoms with E-state index in [2.05, 4.69) is 4.74 Å². The lowest BCUT2D eigenvalue weighted by Gasteiger charge is -2.02. The Morgan fingerprint density at radius 3 is 2.71 bits per heavy atom. The van der Waals surface area contributed by atoms with Gasteiger partial charge in [0.2, 0.25) is 0 Å². The van der Waals surface area contributed by atoms with Crippen molar-refractivity contribution in [2.45, 2.75) is 6.92 Å². The first-order chi connectivity index (χ1) is 8.15. The van der Waals surface area contributed by atoms with Crippen molar-refractivity contribution in [3.05, 3.63) is 46.6 Å². The lowest BCUT2D eigenvalue weighted by Crippen LogP contribution is -2.01. The maximum Gasteiger partial charge on any atom is 0.338 e. The summed E-state index contributed by atoms with van der Waals surface area (Å²) in [7, 11) is 1.34. The van der Waals surface area contributed by atoms with Gasteiger partial charge < -0.3 is 4.74 Å². The molecule has 0 bridgehead atoms. The van der Waals surface area contributed by atoms with Crippen LogP contribution in [0.5, 0.6) is 0 Å². The van der Waals surface area contributed by atoms with Gasteiger partial charge in [-0.1, -0.05) is 18.2 Å². The van der Waals surface area contributed by atoms with Gasteiger partial charge in [0.15, 0.2) is 0 Å². The van der Waals surface area contributed by atoms with E-state index in [9.17, 15) is 9.18 Å². The molecule has 1 aromatic carbocycles. The Morgan fingerprint density at radius 1 is 1.35 bits per heavy atom. The first-order valence-corrected chi connectivity index (χ1v) is 5.94. The molecule has 2 nitrogen and oxygen atoms in total. The van der Waals surface area contributed by atoms with Crippen LogP contribution in [0.3, 0.4) is 0 Å². The molecule has 0 atom stereocenters. The largest absolute Gasteiger partial charge is 0.465 e. The predicted octanol–water partition coefficient (Wildman–Crippen LogP) is 3.65. The number of benzene rings is 1. The fraction of sp³-hybridized carbons (Fsp3) is 0.154. The van der Waals surface area contributed by atoms with E-state index in [0.29, 0.717) is 11.1 Å². The molecule has 0 aliphatic rings. The Balaban J connectivity index is 2.52. The number of hydrogen-bond donors (Lipinski definition) is 0. The van der Waals surface area contributed by atoms with Crippen LogP contribution >= 0.6 is 11.3 Å². The smallest absolute Gasteiger partial charge is 0.338 e. The van der Waals surface area contributed by atoms with Crippen LogP contribution in [0, 0.1) is 12.7 Å². The van der Waals surface area contributed by atoms with E-state index in [1.807, 2.05) is 0 Å². The predicted molar refractivity (Wildman–Crippen MR) is 65.8 cm³/mol. The molecule has 2 aromatic rings. The molecule has 0 radical (unpaired) electrons. The maximum atomic E-state index is 13.6. The molecular weight excluding hydrogens is 239 g/mol. The summed E-state index contributed by atoms with van der Waals surface area (Å²) in [5, 5.41) is 1.70. The van der Waals surface area contributed by atoms with Crippen LogP contribution in [-0.2, 0) is 4.74 Å². The molecule has 0 saturated heterocycles. The molecule has 0 fully saturated rings. The van der Waals surface area contributed by atoms with Gasteiger partial charge >= 0.3 is 5.97 Å². The summed E-state index contributed by atoms with van der Waals surface area (Å²) < 4.78 is 18.3. The number of carbonyl (C=O) groups is 1. The van der Waals surface area contributed by atoms with Gasteiger partial charge in [-0.05, 0) is 18.6 Å². The number of carbonyl (C=O) groups excluding carboxylic acids is 1. The second-order valence-electron chi connectivity index (χ2n) is 3.57. The van der Waals surface area contributed by atoms with Gasteiger partial charge in [0, 0.05) is 15.8 Å². The third-order valence-corrected chi connectivity index (χ3v) is 3.68. The van der Waals surface area contributed by atoms with Crippen LogP contribution in [0.4, 0.5) is 4.39 Å². The number of esters is 1. The van der Waals surface area contributed by atoms with Gasteiger partial charge in [0.1, 0.15) is 5.82 Å². The molecule has 0 N–H and O–H groups in total. The van der Waals surface area contributed by atoms with Crippen LogP contribution in [0.15, 0.2) is 29.6 Å². The molecule has 4 heteroatoms. The molecule has 0 aliphatic carbocycles. The molecule has 17 heavy (non-hydrogen) atoms. The van der Waals surface area contributed by atoms with E-state index < -0.39 is 0 Å². The van der Waals surface area contributed by atoms with Crippen LogP contribution < -0.4 is 0 Å². The molecule has 0 unspecified atom stereocenters. The highest BCUT2D eigenvalue weighted by Gasteiger charge is 2.17. The minimum atomic E-state index is -0.388. The van der Waals surface area contributed by atoms with Crippen molar-refractivity contribution in [2.75, 3.05) is 7.11 Å². The van der Waals surface area contributed by atoms with Crippen molar-refractivity contribution < 1.29 is 13.9 Å². The third kappa shape index (κ3) is 2.08. The SMILES string of the molecule is COC(=O)c1csc(-c2ccccc2F)c1C. The average Bonchev–Trinajstić information content (AvgIpc) is 2.71.